The van der Waals surface area contributed by atoms with Crippen molar-refractivity contribution in [3.8, 4) is 11.5 Å². The Bertz CT molecular complexity index is 741. The van der Waals surface area contributed by atoms with Crippen molar-refractivity contribution in [1.29, 1.82) is 0 Å². The van der Waals surface area contributed by atoms with E-state index in [4.69, 9.17) is 14.0 Å². The summed E-state index contributed by atoms with van der Waals surface area (Å²) in [6, 6.07) is 5.57. The molecule has 0 aliphatic heterocycles. The van der Waals surface area contributed by atoms with Gasteiger partial charge >= 0.3 is 0 Å². The third-order valence-electron chi connectivity index (χ3n) is 3.27. The van der Waals surface area contributed by atoms with Gasteiger partial charge in [0.05, 0.1) is 14.2 Å². The number of rotatable bonds is 6. The average molecular weight is 333 g/mol. The smallest absolute Gasteiger partial charge is 0.252 e. The van der Waals surface area contributed by atoms with E-state index in [1.165, 1.54) is 14.2 Å². The third-order valence-corrected chi connectivity index (χ3v) is 3.27. The summed E-state index contributed by atoms with van der Waals surface area (Å²) in [5.74, 6) is 1.01. The summed E-state index contributed by atoms with van der Waals surface area (Å²) in [6.07, 6.45) is 0. The van der Waals surface area contributed by atoms with Gasteiger partial charge in [-0.3, -0.25) is 9.59 Å². The molecule has 0 aliphatic carbocycles. The summed E-state index contributed by atoms with van der Waals surface area (Å²) in [5.41, 5.74) is 0.351. The number of nitrogens with one attached hydrogen (secondary N) is 2. The average Bonchev–Trinajstić information content (AvgIpc) is 2.98. The molecular formula is C16H19N3O5. The number of aromatic nitrogens is 1. The molecule has 1 atom stereocenters. The van der Waals surface area contributed by atoms with Crippen molar-refractivity contribution in [1.82, 2.24) is 10.5 Å². The van der Waals surface area contributed by atoms with E-state index in [1.54, 1.807) is 38.1 Å². The van der Waals surface area contributed by atoms with Crippen LogP contribution in [0.5, 0.6) is 11.5 Å². The minimum absolute atomic E-state index is 0.296. The number of ether oxygens (including phenoxy) is 2. The molecule has 0 unspecified atom stereocenters. The van der Waals surface area contributed by atoms with Crippen LogP contribution in [0.15, 0.2) is 28.8 Å². The fraction of sp³-hybridized carbons (Fsp3) is 0.312. The van der Waals surface area contributed by atoms with E-state index in [0.29, 0.717) is 28.6 Å². The standard InChI is InChI=1S/C16H19N3O5/c1-9-7-14(19-24-9)18-15(20)10(2)17-16(21)11-5-6-12(22-3)13(8-11)23-4/h5-8,10H,1-4H3,(H,17,21)(H,18,19,20)/t10-/m1/s1. The van der Waals surface area contributed by atoms with Crippen molar-refractivity contribution in [2.75, 3.05) is 19.5 Å². The molecule has 0 fully saturated rings. The predicted molar refractivity (Wildman–Crippen MR) is 86.3 cm³/mol. The van der Waals surface area contributed by atoms with E-state index < -0.39 is 17.9 Å². The number of carbonyl (C=O) groups excluding carboxylic acids is 2. The fourth-order valence-electron chi connectivity index (χ4n) is 1.98. The third kappa shape index (κ3) is 4.03. The Morgan fingerprint density at radius 1 is 1.17 bits per heavy atom. The van der Waals surface area contributed by atoms with Crippen molar-refractivity contribution < 1.29 is 23.6 Å². The van der Waals surface area contributed by atoms with Crippen LogP contribution >= 0.6 is 0 Å². The Hall–Kier alpha value is -3.03. The summed E-state index contributed by atoms with van der Waals surface area (Å²) in [6.45, 7) is 3.28. The Kier molecular flexibility index (Phi) is 5.41. The molecule has 2 amide bonds. The van der Waals surface area contributed by atoms with E-state index >= 15 is 0 Å². The van der Waals surface area contributed by atoms with E-state index in [-0.39, 0.29) is 0 Å². The van der Waals surface area contributed by atoms with Crippen LogP contribution in [-0.4, -0.2) is 37.2 Å². The maximum absolute atomic E-state index is 12.3. The van der Waals surface area contributed by atoms with Crippen LogP contribution in [0.2, 0.25) is 0 Å². The van der Waals surface area contributed by atoms with Crippen LogP contribution in [0.3, 0.4) is 0 Å². The van der Waals surface area contributed by atoms with E-state index in [1.807, 2.05) is 0 Å². The second-order valence-electron chi connectivity index (χ2n) is 5.08. The summed E-state index contributed by atoms with van der Waals surface area (Å²) >= 11 is 0. The van der Waals surface area contributed by atoms with Gasteiger partial charge in [-0.1, -0.05) is 5.16 Å². The lowest BCUT2D eigenvalue weighted by Crippen LogP contribution is -2.41. The zero-order valence-corrected chi connectivity index (χ0v) is 13.9. The number of methoxy groups -OCH3 is 2. The molecule has 2 N–H and O–H groups in total. The number of aryl methyl sites for hydroxylation is 1. The molecule has 1 aromatic heterocycles. The maximum atomic E-state index is 12.3. The predicted octanol–water partition coefficient (Wildman–Crippen LogP) is 1.76. The van der Waals surface area contributed by atoms with Gasteiger partial charge in [-0.15, -0.1) is 0 Å². The zero-order valence-electron chi connectivity index (χ0n) is 13.9. The SMILES string of the molecule is COc1ccc(C(=O)N[C@H](C)C(=O)Nc2cc(C)on2)cc1OC. The molecule has 2 rings (SSSR count). The lowest BCUT2D eigenvalue weighted by Gasteiger charge is -2.14. The Morgan fingerprint density at radius 2 is 1.88 bits per heavy atom. The molecule has 1 heterocycles. The molecule has 1 aromatic carbocycles. The molecule has 0 bridgehead atoms. The summed E-state index contributed by atoms with van der Waals surface area (Å²) in [4.78, 5) is 24.3. The Labute approximate surface area is 139 Å². The number of anilines is 1. The largest absolute Gasteiger partial charge is 0.493 e. The van der Waals surface area contributed by atoms with Crippen molar-refractivity contribution >= 4 is 17.6 Å². The fourth-order valence-corrected chi connectivity index (χ4v) is 1.98. The molecule has 8 heteroatoms. The first-order valence-corrected chi connectivity index (χ1v) is 7.21. The minimum atomic E-state index is -0.761. The molecule has 0 saturated heterocycles. The van der Waals surface area contributed by atoms with Crippen LogP contribution in [0.1, 0.15) is 23.0 Å². The molecule has 0 aliphatic rings. The Balaban J connectivity index is 2.01. The van der Waals surface area contributed by atoms with Crippen LogP contribution in [0, 0.1) is 6.92 Å². The summed E-state index contributed by atoms with van der Waals surface area (Å²) < 4.78 is 15.1. The molecule has 0 radical (unpaired) electrons. The van der Waals surface area contributed by atoms with Crippen LogP contribution in [0.25, 0.3) is 0 Å². The number of amides is 2. The highest BCUT2D eigenvalue weighted by molar-refractivity contribution is 6.00. The van der Waals surface area contributed by atoms with Gasteiger partial charge in [0.15, 0.2) is 17.3 Å². The highest BCUT2D eigenvalue weighted by Crippen LogP contribution is 2.27. The van der Waals surface area contributed by atoms with Crippen molar-refractivity contribution in [2.45, 2.75) is 19.9 Å². The lowest BCUT2D eigenvalue weighted by atomic mass is 10.1. The van der Waals surface area contributed by atoms with Crippen LogP contribution in [0.4, 0.5) is 5.82 Å². The molecule has 0 saturated carbocycles. The minimum Gasteiger partial charge on any atom is -0.493 e. The molecule has 8 nitrogen and oxygen atoms in total. The molecule has 2 aromatic rings. The molecule has 24 heavy (non-hydrogen) atoms. The first-order chi connectivity index (χ1) is 11.4. The van der Waals surface area contributed by atoms with Gasteiger partial charge < -0.3 is 24.6 Å². The topological polar surface area (TPSA) is 103 Å². The van der Waals surface area contributed by atoms with Gasteiger partial charge in [0.1, 0.15) is 11.8 Å². The van der Waals surface area contributed by atoms with Gasteiger partial charge in [-0.25, -0.2) is 0 Å². The van der Waals surface area contributed by atoms with Crippen molar-refractivity contribution in [3.05, 3.63) is 35.6 Å². The lowest BCUT2D eigenvalue weighted by molar-refractivity contribution is -0.117. The number of hydrogen-bond donors (Lipinski definition) is 2. The summed E-state index contributed by atoms with van der Waals surface area (Å²) in [7, 11) is 2.99. The number of hydrogen-bond acceptors (Lipinski definition) is 6. The zero-order chi connectivity index (χ0) is 17.7. The second-order valence-corrected chi connectivity index (χ2v) is 5.08. The first kappa shape index (κ1) is 17.3. The number of carbonyl (C=O) groups is 2. The van der Waals surface area contributed by atoms with Crippen molar-refractivity contribution in [3.63, 3.8) is 0 Å². The van der Waals surface area contributed by atoms with Crippen LogP contribution in [-0.2, 0) is 4.79 Å². The first-order valence-electron chi connectivity index (χ1n) is 7.21. The van der Waals surface area contributed by atoms with E-state index in [0.717, 1.165) is 0 Å². The van der Waals surface area contributed by atoms with Gasteiger partial charge in [-0.05, 0) is 32.0 Å². The quantitative estimate of drug-likeness (QED) is 0.835. The molecule has 128 valence electrons. The van der Waals surface area contributed by atoms with Gasteiger partial charge in [0.2, 0.25) is 5.91 Å². The monoisotopic (exact) mass is 333 g/mol. The maximum Gasteiger partial charge on any atom is 0.252 e. The van der Waals surface area contributed by atoms with Crippen molar-refractivity contribution in [2.24, 2.45) is 0 Å². The van der Waals surface area contributed by atoms with Gasteiger partial charge in [0.25, 0.3) is 5.91 Å². The number of nitrogens with zero attached hydrogens (tertiary/aromatic N) is 1. The second kappa shape index (κ2) is 7.49. The molecule has 0 spiro atoms. The van der Waals surface area contributed by atoms with Crippen LogP contribution < -0.4 is 20.1 Å². The van der Waals surface area contributed by atoms with Gasteiger partial charge in [0, 0.05) is 11.6 Å². The molecular weight excluding hydrogens is 314 g/mol. The highest BCUT2D eigenvalue weighted by Gasteiger charge is 2.19. The summed E-state index contributed by atoms with van der Waals surface area (Å²) in [5, 5.41) is 8.83. The van der Waals surface area contributed by atoms with Gasteiger partial charge in [-0.2, -0.15) is 0 Å². The number of benzene rings is 1. The van der Waals surface area contributed by atoms with E-state index in [2.05, 4.69) is 15.8 Å². The normalized spacial score (nSPS) is 11.5. The highest BCUT2D eigenvalue weighted by atomic mass is 16.5. The Morgan fingerprint density at radius 3 is 2.46 bits per heavy atom. The van der Waals surface area contributed by atoms with E-state index in [9.17, 15) is 9.59 Å².